The van der Waals surface area contributed by atoms with Crippen molar-refractivity contribution in [3.63, 3.8) is 0 Å². The highest BCUT2D eigenvalue weighted by molar-refractivity contribution is 7.80. The predicted molar refractivity (Wildman–Crippen MR) is 157 cm³/mol. The lowest BCUT2D eigenvalue weighted by Gasteiger charge is -2.31. The molecule has 2 aliphatic rings. The first-order valence-electron chi connectivity index (χ1n) is 13.6. The van der Waals surface area contributed by atoms with Gasteiger partial charge in [0.15, 0.2) is 0 Å². The van der Waals surface area contributed by atoms with Crippen LogP contribution < -0.4 is 25.4 Å². The molecule has 0 saturated carbocycles. The molecule has 0 aliphatic heterocycles. The second-order valence-corrected chi connectivity index (χ2v) is 12.3. The van der Waals surface area contributed by atoms with Crippen LogP contribution in [0, 0.1) is 0 Å². The molecular weight excluding hydrogens is 471 g/mol. The number of hydrogen-bond donors (Lipinski definition) is 0. The molecular formula is C34H35O2P. The molecule has 2 nitrogen and oxygen atoms in total. The van der Waals surface area contributed by atoms with Crippen molar-refractivity contribution >= 4 is 23.8 Å². The van der Waals surface area contributed by atoms with Crippen LogP contribution in [0.25, 0.3) is 11.1 Å². The molecule has 0 fully saturated rings. The third-order valence-electron chi connectivity index (χ3n) is 8.00. The van der Waals surface area contributed by atoms with Crippen molar-refractivity contribution in [2.45, 2.75) is 51.4 Å². The van der Waals surface area contributed by atoms with Crippen molar-refractivity contribution in [3.8, 4) is 22.6 Å². The Morgan fingerprint density at radius 1 is 0.595 bits per heavy atom. The summed E-state index contributed by atoms with van der Waals surface area (Å²) in [5.74, 6) is 2.00. The minimum Gasteiger partial charge on any atom is -0.497 e. The second kappa shape index (κ2) is 10.7. The maximum atomic E-state index is 6.28. The van der Waals surface area contributed by atoms with E-state index in [4.69, 9.17) is 9.47 Å². The van der Waals surface area contributed by atoms with Crippen LogP contribution in [0.15, 0.2) is 78.9 Å². The molecule has 0 saturated heterocycles. The number of hydrogen-bond acceptors (Lipinski definition) is 2. The summed E-state index contributed by atoms with van der Waals surface area (Å²) in [4.78, 5) is 0. The topological polar surface area (TPSA) is 18.5 Å². The van der Waals surface area contributed by atoms with Gasteiger partial charge in [-0.2, -0.15) is 0 Å². The molecule has 4 aromatic rings. The smallest absolute Gasteiger partial charge is 0.128 e. The van der Waals surface area contributed by atoms with Gasteiger partial charge >= 0.3 is 0 Å². The lowest BCUT2D eigenvalue weighted by Crippen LogP contribution is -2.26. The maximum Gasteiger partial charge on any atom is 0.128 e. The van der Waals surface area contributed by atoms with E-state index in [1.807, 2.05) is 7.11 Å². The van der Waals surface area contributed by atoms with Crippen LogP contribution in [0.5, 0.6) is 11.5 Å². The van der Waals surface area contributed by atoms with Gasteiger partial charge in [0.25, 0.3) is 0 Å². The third kappa shape index (κ3) is 4.57. The van der Waals surface area contributed by atoms with Gasteiger partial charge < -0.3 is 9.47 Å². The lowest BCUT2D eigenvalue weighted by molar-refractivity contribution is 0.413. The molecule has 3 heteroatoms. The molecule has 0 unspecified atom stereocenters. The summed E-state index contributed by atoms with van der Waals surface area (Å²) in [6.07, 6.45) is 9.51. The second-order valence-electron chi connectivity index (χ2n) is 10.2. The summed E-state index contributed by atoms with van der Waals surface area (Å²) < 4.78 is 12.2. The number of ether oxygens (including phenoxy) is 2. The van der Waals surface area contributed by atoms with Crippen LogP contribution in [0.4, 0.5) is 0 Å². The van der Waals surface area contributed by atoms with Crippen molar-refractivity contribution in [3.05, 3.63) is 101 Å². The molecule has 0 spiro atoms. The van der Waals surface area contributed by atoms with E-state index < -0.39 is 7.92 Å². The average molecular weight is 507 g/mol. The molecule has 0 radical (unpaired) electrons. The molecule has 0 bridgehead atoms. The minimum atomic E-state index is -0.825. The molecule has 37 heavy (non-hydrogen) atoms. The first-order valence-corrected chi connectivity index (χ1v) is 15.0. The SMILES string of the molecule is COc1cc2c(c(-c3c4c(cc(OC)c3P(c3ccccc3)c3ccccc3)CCCC4)c1)CCCC2. The van der Waals surface area contributed by atoms with Crippen molar-refractivity contribution in [1.29, 1.82) is 0 Å². The van der Waals surface area contributed by atoms with Crippen molar-refractivity contribution in [2.24, 2.45) is 0 Å². The van der Waals surface area contributed by atoms with E-state index in [9.17, 15) is 0 Å². The standard InChI is InChI=1S/C34H35O2P/c1-35-26-21-24-13-9-11-19-29(24)31(23-26)33-30-20-12-10-14-25(30)22-32(36-2)34(33)37(27-15-5-3-6-16-27)28-17-7-4-8-18-28/h3-8,15-18,21-23H,9-14,19-20H2,1-2H3. The average Bonchev–Trinajstić information content (AvgIpc) is 2.97. The van der Waals surface area contributed by atoms with E-state index in [1.54, 1.807) is 7.11 Å². The van der Waals surface area contributed by atoms with Crippen LogP contribution in [-0.4, -0.2) is 14.2 Å². The van der Waals surface area contributed by atoms with Crippen LogP contribution >= 0.6 is 7.92 Å². The Morgan fingerprint density at radius 3 is 1.76 bits per heavy atom. The first kappa shape index (κ1) is 24.3. The molecule has 0 heterocycles. The fourth-order valence-corrected chi connectivity index (χ4v) is 8.88. The highest BCUT2D eigenvalue weighted by Crippen LogP contribution is 2.47. The van der Waals surface area contributed by atoms with Crippen molar-refractivity contribution in [1.82, 2.24) is 0 Å². The van der Waals surface area contributed by atoms with Gasteiger partial charge in [-0.3, -0.25) is 0 Å². The summed E-state index contributed by atoms with van der Waals surface area (Å²) >= 11 is 0. The van der Waals surface area contributed by atoms with Crippen LogP contribution in [-0.2, 0) is 25.7 Å². The van der Waals surface area contributed by atoms with Crippen LogP contribution in [0.2, 0.25) is 0 Å². The zero-order valence-electron chi connectivity index (χ0n) is 21.9. The Balaban J connectivity index is 1.73. The van der Waals surface area contributed by atoms with E-state index in [0.717, 1.165) is 37.2 Å². The Morgan fingerprint density at radius 2 is 1.16 bits per heavy atom. The van der Waals surface area contributed by atoms with Gasteiger partial charge in [-0.1, -0.05) is 60.7 Å². The molecule has 0 N–H and O–H groups in total. The number of fused-ring (bicyclic) bond motifs is 2. The highest BCUT2D eigenvalue weighted by Gasteiger charge is 2.31. The summed E-state index contributed by atoms with van der Waals surface area (Å²) in [5, 5.41) is 4.07. The van der Waals surface area contributed by atoms with E-state index in [0.29, 0.717) is 0 Å². The largest absolute Gasteiger partial charge is 0.497 e. The fraction of sp³-hybridized carbons (Fsp3) is 0.294. The van der Waals surface area contributed by atoms with Crippen molar-refractivity contribution in [2.75, 3.05) is 14.2 Å². The van der Waals surface area contributed by atoms with Gasteiger partial charge in [-0.05, 0) is 121 Å². The first-order chi connectivity index (χ1) is 18.3. The quantitative estimate of drug-likeness (QED) is 0.265. The Bertz CT molecular complexity index is 1360. The lowest BCUT2D eigenvalue weighted by atomic mass is 9.80. The van der Waals surface area contributed by atoms with Gasteiger partial charge in [-0.15, -0.1) is 0 Å². The molecule has 2 aliphatic carbocycles. The van der Waals surface area contributed by atoms with Gasteiger partial charge in [0, 0.05) is 5.30 Å². The van der Waals surface area contributed by atoms with Gasteiger partial charge in [0.05, 0.1) is 14.2 Å². The number of benzene rings is 4. The van der Waals surface area contributed by atoms with Crippen LogP contribution in [0.1, 0.15) is 47.9 Å². The Labute approximate surface area is 222 Å². The van der Waals surface area contributed by atoms with E-state index >= 15 is 0 Å². The zero-order chi connectivity index (χ0) is 25.2. The van der Waals surface area contributed by atoms with E-state index in [-0.39, 0.29) is 0 Å². The molecule has 4 aromatic carbocycles. The monoisotopic (exact) mass is 506 g/mol. The summed E-state index contributed by atoms with van der Waals surface area (Å²) in [7, 11) is 2.83. The van der Waals surface area contributed by atoms with E-state index in [1.165, 1.54) is 75.0 Å². The minimum absolute atomic E-state index is 0.825. The molecule has 6 rings (SSSR count). The molecule has 0 amide bonds. The predicted octanol–water partition coefficient (Wildman–Crippen LogP) is 6.89. The van der Waals surface area contributed by atoms with Gasteiger partial charge in [0.2, 0.25) is 0 Å². The number of rotatable bonds is 6. The summed E-state index contributed by atoms with van der Waals surface area (Å²) in [6, 6.07) is 29.1. The normalized spacial score (nSPS) is 14.7. The summed E-state index contributed by atoms with van der Waals surface area (Å²) in [6.45, 7) is 0. The maximum absolute atomic E-state index is 6.28. The van der Waals surface area contributed by atoms with Gasteiger partial charge in [0.1, 0.15) is 11.5 Å². The number of aryl methyl sites for hydroxylation is 2. The summed E-state index contributed by atoms with van der Waals surface area (Å²) in [5.41, 5.74) is 8.77. The molecule has 0 aromatic heterocycles. The van der Waals surface area contributed by atoms with E-state index in [2.05, 4.69) is 78.9 Å². The third-order valence-corrected chi connectivity index (χ3v) is 10.5. The molecule has 0 atom stereocenters. The number of methoxy groups -OCH3 is 2. The molecule has 188 valence electrons. The Hall–Kier alpha value is -3.09. The fourth-order valence-electron chi connectivity index (χ4n) is 6.27. The Kier molecular flexibility index (Phi) is 7.03. The van der Waals surface area contributed by atoms with Gasteiger partial charge in [-0.25, -0.2) is 0 Å². The zero-order valence-corrected chi connectivity index (χ0v) is 22.8. The highest BCUT2D eigenvalue weighted by atomic mass is 31.1. The van der Waals surface area contributed by atoms with Crippen LogP contribution in [0.3, 0.4) is 0 Å². The van der Waals surface area contributed by atoms with Crippen molar-refractivity contribution < 1.29 is 9.47 Å².